The van der Waals surface area contributed by atoms with Crippen LogP contribution >= 0.6 is 12.2 Å². The first-order valence-electron chi connectivity index (χ1n) is 6.49. The second-order valence-corrected chi connectivity index (χ2v) is 5.06. The van der Waals surface area contributed by atoms with Gasteiger partial charge in [0.2, 0.25) is 0 Å². The number of aromatic amines is 1. The van der Waals surface area contributed by atoms with Gasteiger partial charge in [0, 0.05) is 6.54 Å². The first-order valence-corrected chi connectivity index (χ1v) is 6.90. The van der Waals surface area contributed by atoms with Crippen LogP contribution in [0.1, 0.15) is 38.1 Å². The molecule has 0 amide bonds. The third kappa shape index (κ3) is 3.04. The summed E-state index contributed by atoms with van der Waals surface area (Å²) in [6.45, 7) is 7.57. The molecule has 0 saturated heterocycles. The molecule has 0 aliphatic rings. The minimum atomic E-state index is 0.421. The van der Waals surface area contributed by atoms with Crippen molar-refractivity contribution in [3.05, 3.63) is 40.4 Å². The number of benzene rings is 1. The molecule has 1 heterocycles. The molecule has 0 saturated carbocycles. The number of hydrogen-bond acceptors (Lipinski definition) is 3. The van der Waals surface area contributed by atoms with Gasteiger partial charge in [0.25, 0.3) is 0 Å². The van der Waals surface area contributed by atoms with Crippen molar-refractivity contribution < 1.29 is 4.74 Å². The van der Waals surface area contributed by atoms with E-state index in [1.165, 1.54) is 5.56 Å². The third-order valence-electron chi connectivity index (χ3n) is 3.05. The highest BCUT2D eigenvalue weighted by Gasteiger charge is 2.09. The summed E-state index contributed by atoms with van der Waals surface area (Å²) in [4.78, 5) is 0. The van der Waals surface area contributed by atoms with Gasteiger partial charge in [0.15, 0.2) is 10.6 Å². The van der Waals surface area contributed by atoms with Crippen LogP contribution in [0.25, 0.3) is 0 Å². The van der Waals surface area contributed by atoms with Crippen molar-refractivity contribution in [2.24, 2.45) is 0 Å². The fraction of sp³-hybridized carbons (Fsp3) is 0.429. The van der Waals surface area contributed by atoms with E-state index >= 15 is 0 Å². The van der Waals surface area contributed by atoms with Gasteiger partial charge < -0.3 is 9.30 Å². The van der Waals surface area contributed by atoms with E-state index in [2.05, 4.69) is 30.1 Å². The van der Waals surface area contributed by atoms with E-state index in [4.69, 9.17) is 17.0 Å². The Morgan fingerprint density at radius 1 is 1.37 bits per heavy atom. The summed E-state index contributed by atoms with van der Waals surface area (Å²) in [5.74, 6) is 2.17. The highest BCUT2D eigenvalue weighted by molar-refractivity contribution is 7.71. The normalized spacial score (nSPS) is 10.9. The van der Waals surface area contributed by atoms with E-state index in [1.54, 1.807) is 0 Å². The maximum atomic E-state index is 5.89. The molecule has 0 aliphatic carbocycles. The van der Waals surface area contributed by atoms with Gasteiger partial charge >= 0.3 is 0 Å². The molecule has 0 aliphatic heterocycles. The van der Waals surface area contributed by atoms with Crippen LogP contribution in [0.5, 0.6) is 5.75 Å². The van der Waals surface area contributed by atoms with Crippen LogP contribution in [0.15, 0.2) is 24.3 Å². The van der Waals surface area contributed by atoms with Gasteiger partial charge in [0.1, 0.15) is 12.4 Å². The van der Waals surface area contributed by atoms with E-state index in [-0.39, 0.29) is 0 Å². The quantitative estimate of drug-likeness (QED) is 0.848. The Bertz CT molecular complexity index is 601. The van der Waals surface area contributed by atoms with Gasteiger partial charge in [-0.05, 0) is 36.7 Å². The summed E-state index contributed by atoms with van der Waals surface area (Å²) in [6, 6.07) is 8.10. The lowest BCUT2D eigenvalue weighted by atomic mass is 10.0. The van der Waals surface area contributed by atoms with Crippen LogP contribution in [0.3, 0.4) is 0 Å². The highest BCUT2D eigenvalue weighted by Crippen LogP contribution is 2.26. The predicted molar refractivity (Wildman–Crippen MR) is 77.9 cm³/mol. The van der Waals surface area contributed by atoms with Crippen LogP contribution in [0, 0.1) is 4.77 Å². The van der Waals surface area contributed by atoms with Crippen molar-refractivity contribution in [2.45, 2.75) is 39.8 Å². The maximum absolute atomic E-state index is 5.89. The minimum absolute atomic E-state index is 0.421. The molecule has 102 valence electrons. The Hall–Kier alpha value is -1.62. The van der Waals surface area contributed by atoms with Gasteiger partial charge in [-0.25, -0.2) is 0 Å². The number of nitrogens with zero attached hydrogens (tertiary/aromatic N) is 2. The summed E-state index contributed by atoms with van der Waals surface area (Å²) in [5.41, 5.74) is 1.21. The first-order chi connectivity index (χ1) is 9.13. The fourth-order valence-corrected chi connectivity index (χ4v) is 2.30. The van der Waals surface area contributed by atoms with Crippen LogP contribution in [0.4, 0.5) is 0 Å². The highest BCUT2D eigenvalue weighted by atomic mass is 32.1. The molecule has 0 unspecified atom stereocenters. The molecule has 1 N–H and O–H groups in total. The van der Waals surface area contributed by atoms with Gasteiger partial charge in [-0.15, -0.1) is 0 Å². The lowest BCUT2D eigenvalue weighted by Gasteiger charge is -2.13. The molecule has 1 aromatic heterocycles. The number of aromatic nitrogens is 3. The molecule has 19 heavy (non-hydrogen) atoms. The summed E-state index contributed by atoms with van der Waals surface area (Å²) in [6.07, 6.45) is 0. The zero-order valence-corrected chi connectivity index (χ0v) is 12.3. The molecule has 2 aromatic rings. The monoisotopic (exact) mass is 277 g/mol. The fourth-order valence-electron chi connectivity index (χ4n) is 2.02. The standard InChI is InChI=1S/C14H19N3OS/c1-4-17-13(15-16-14(17)19)9-18-12-8-6-5-7-11(12)10(2)3/h5-8,10H,4,9H2,1-3H3,(H,16,19). The molecular formula is C14H19N3OS. The number of ether oxygens (including phenoxy) is 1. The molecule has 5 heteroatoms. The second-order valence-electron chi connectivity index (χ2n) is 4.67. The molecule has 0 radical (unpaired) electrons. The van der Waals surface area contributed by atoms with Gasteiger partial charge in [0.05, 0.1) is 0 Å². The molecule has 4 nitrogen and oxygen atoms in total. The maximum Gasteiger partial charge on any atom is 0.195 e. The second kappa shape index (κ2) is 6.02. The van der Waals surface area contributed by atoms with E-state index < -0.39 is 0 Å². The zero-order chi connectivity index (χ0) is 13.8. The number of nitrogens with one attached hydrogen (secondary N) is 1. The van der Waals surface area contributed by atoms with Crippen molar-refractivity contribution >= 4 is 12.2 Å². The lowest BCUT2D eigenvalue weighted by molar-refractivity contribution is 0.285. The zero-order valence-electron chi connectivity index (χ0n) is 11.5. The summed E-state index contributed by atoms with van der Waals surface area (Å²) < 4.78 is 8.47. The average Bonchev–Trinajstić information content (AvgIpc) is 2.77. The molecule has 0 fully saturated rings. The summed E-state index contributed by atoms with van der Waals surface area (Å²) >= 11 is 5.16. The molecule has 2 rings (SSSR count). The van der Waals surface area contributed by atoms with Crippen LogP contribution < -0.4 is 4.74 Å². The Labute approximate surface area is 118 Å². The molecule has 0 bridgehead atoms. The molecular weight excluding hydrogens is 258 g/mol. The Morgan fingerprint density at radius 2 is 2.11 bits per heavy atom. The topological polar surface area (TPSA) is 42.8 Å². The number of para-hydroxylation sites is 1. The van der Waals surface area contributed by atoms with Crippen molar-refractivity contribution in [1.29, 1.82) is 0 Å². The van der Waals surface area contributed by atoms with E-state index in [1.807, 2.05) is 29.7 Å². The van der Waals surface area contributed by atoms with Gasteiger partial charge in [-0.2, -0.15) is 5.10 Å². The number of rotatable bonds is 5. The smallest absolute Gasteiger partial charge is 0.195 e. The number of H-pyrrole nitrogens is 1. The Balaban J connectivity index is 2.17. The van der Waals surface area contributed by atoms with Crippen LogP contribution in [-0.4, -0.2) is 14.8 Å². The van der Waals surface area contributed by atoms with Crippen molar-refractivity contribution in [3.63, 3.8) is 0 Å². The van der Waals surface area contributed by atoms with E-state index in [0.717, 1.165) is 18.1 Å². The van der Waals surface area contributed by atoms with Crippen molar-refractivity contribution in [2.75, 3.05) is 0 Å². The Morgan fingerprint density at radius 3 is 2.79 bits per heavy atom. The minimum Gasteiger partial charge on any atom is -0.485 e. The Kier molecular flexibility index (Phi) is 4.37. The van der Waals surface area contributed by atoms with E-state index in [0.29, 0.717) is 17.3 Å². The summed E-state index contributed by atoms with van der Waals surface area (Å²) in [7, 11) is 0. The SMILES string of the molecule is CCn1c(COc2ccccc2C(C)C)n[nH]c1=S. The van der Waals surface area contributed by atoms with Crippen molar-refractivity contribution in [3.8, 4) is 5.75 Å². The van der Waals surface area contributed by atoms with E-state index in [9.17, 15) is 0 Å². The summed E-state index contributed by atoms with van der Waals surface area (Å²) in [5, 5.41) is 6.99. The predicted octanol–water partition coefficient (Wildman–Crippen LogP) is 3.66. The molecule has 0 spiro atoms. The van der Waals surface area contributed by atoms with Crippen LogP contribution in [0.2, 0.25) is 0 Å². The molecule has 0 atom stereocenters. The molecule has 1 aromatic carbocycles. The van der Waals surface area contributed by atoms with Gasteiger partial charge in [-0.1, -0.05) is 32.0 Å². The van der Waals surface area contributed by atoms with Crippen molar-refractivity contribution in [1.82, 2.24) is 14.8 Å². The largest absolute Gasteiger partial charge is 0.485 e. The first kappa shape index (κ1) is 13.8. The lowest BCUT2D eigenvalue weighted by Crippen LogP contribution is -2.07. The number of hydrogen-bond donors (Lipinski definition) is 1. The van der Waals surface area contributed by atoms with Gasteiger partial charge in [-0.3, -0.25) is 5.10 Å². The average molecular weight is 277 g/mol. The van der Waals surface area contributed by atoms with Crippen LogP contribution in [-0.2, 0) is 13.2 Å². The third-order valence-corrected chi connectivity index (χ3v) is 3.36.